The molecule has 3 heterocycles. The minimum absolute atomic E-state index is 0.0953. The monoisotopic (exact) mass is 452 g/mol. The zero-order chi connectivity index (χ0) is 23.0. The number of aryl methyl sites for hydroxylation is 1. The third kappa shape index (κ3) is 6.24. The molecular formula is C23H28N6O4. The normalized spacial score (nSPS) is 16.6. The molecule has 0 N–H and O–H groups in total. The molecule has 3 aromatic rings. The lowest BCUT2D eigenvalue weighted by atomic mass is 10.1. The van der Waals surface area contributed by atoms with E-state index in [4.69, 9.17) is 9.47 Å². The van der Waals surface area contributed by atoms with Gasteiger partial charge in [-0.05, 0) is 37.5 Å². The molecule has 10 heteroatoms. The highest BCUT2D eigenvalue weighted by molar-refractivity contribution is 5.69. The molecule has 174 valence electrons. The summed E-state index contributed by atoms with van der Waals surface area (Å²) in [6.07, 6.45) is 9.82. The van der Waals surface area contributed by atoms with E-state index in [-0.39, 0.29) is 25.2 Å². The largest absolute Gasteiger partial charge is 0.459 e. The van der Waals surface area contributed by atoms with Crippen LogP contribution in [0.2, 0.25) is 0 Å². The molecule has 2 aromatic heterocycles. The Morgan fingerprint density at radius 3 is 1.94 bits per heavy atom. The predicted molar refractivity (Wildman–Crippen MR) is 118 cm³/mol. The number of esters is 2. The average molecular weight is 453 g/mol. The van der Waals surface area contributed by atoms with Gasteiger partial charge in [-0.15, -0.1) is 10.2 Å². The lowest BCUT2D eigenvalue weighted by Gasteiger charge is -2.08. The van der Waals surface area contributed by atoms with E-state index >= 15 is 0 Å². The SMILES string of the molecule is Cc1ccc2cc1-n1cc(nn1)COC(=O)CCCCCCCCC(=O)OCc1cn-2nn1. The number of carbonyl (C=O) groups is 2. The summed E-state index contributed by atoms with van der Waals surface area (Å²) in [5.41, 5.74) is 3.75. The minimum atomic E-state index is -0.231. The first-order chi connectivity index (χ1) is 16.1. The highest BCUT2D eigenvalue weighted by Crippen LogP contribution is 2.19. The zero-order valence-electron chi connectivity index (χ0n) is 18.8. The number of fused-ring (bicyclic) bond motifs is 8. The fourth-order valence-corrected chi connectivity index (χ4v) is 3.66. The summed E-state index contributed by atoms with van der Waals surface area (Å²) in [7, 11) is 0. The first-order valence-corrected chi connectivity index (χ1v) is 11.3. The van der Waals surface area contributed by atoms with Crippen molar-refractivity contribution >= 4 is 11.9 Å². The van der Waals surface area contributed by atoms with Crippen LogP contribution in [0.25, 0.3) is 11.4 Å². The van der Waals surface area contributed by atoms with Crippen LogP contribution in [0, 0.1) is 6.92 Å². The van der Waals surface area contributed by atoms with Crippen molar-refractivity contribution in [2.45, 2.75) is 71.5 Å². The Morgan fingerprint density at radius 1 is 0.758 bits per heavy atom. The van der Waals surface area contributed by atoms with Gasteiger partial charge in [0.1, 0.15) is 24.6 Å². The third-order valence-corrected chi connectivity index (χ3v) is 5.56. The van der Waals surface area contributed by atoms with Crippen LogP contribution in [0.5, 0.6) is 0 Å². The molecule has 0 fully saturated rings. The lowest BCUT2D eigenvalue weighted by Crippen LogP contribution is -2.05. The molecule has 0 amide bonds. The van der Waals surface area contributed by atoms with Crippen LogP contribution < -0.4 is 0 Å². The molecule has 6 bridgehead atoms. The highest BCUT2D eigenvalue weighted by atomic mass is 16.5. The fourth-order valence-electron chi connectivity index (χ4n) is 3.66. The number of rotatable bonds is 0. The van der Waals surface area contributed by atoms with E-state index in [1.807, 2.05) is 25.1 Å². The van der Waals surface area contributed by atoms with Gasteiger partial charge >= 0.3 is 11.9 Å². The summed E-state index contributed by atoms with van der Waals surface area (Å²) in [4.78, 5) is 24.0. The van der Waals surface area contributed by atoms with Gasteiger partial charge in [-0.2, -0.15) is 0 Å². The topological polar surface area (TPSA) is 114 Å². The Bertz CT molecular complexity index is 1110. The number of ether oxygens (including phenoxy) is 2. The molecule has 0 spiro atoms. The number of aromatic nitrogens is 6. The second-order valence-corrected chi connectivity index (χ2v) is 8.22. The summed E-state index contributed by atoms with van der Waals surface area (Å²) in [5.74, 6) is -0.462. The maximum absolute atomic E-state index is 12.0. The Kier molecular flexibility index (Phi) is 7.43. The summed E-state index contributed by atoms with van der Waals surface area (Å²) in [5, 5.41) is 16.6. The molecule has 0 aliphatic carbocycles. The van der Waals surface area contributed by atoms with Gasteiger partial charge < -0.3 is 9.47 Å². The Morgan fingerprint density at radius 2 is 1.30 bits per heavy atom. The Hall–Kier alpha value is -3.56. The van der Waals surface area contributed by atoms with Gasteiger partial charge in [-0.3, -0.25) is 9.59 Å². The van der Waals surface area contributed by atoms with E-state index in [0.717, 1.165) is 55.5 Å². The summed E-state index contributed by atoms with van der Waals surface area (Å²) >= 11 is 0. The number of cyclic esters (lactones) is 2. The van der Waals surface area contributed by atoms with Gasteiger partial charge in [-0.25, -0.2) is 9.36 Å². The van der Waals surface area contributed by atoms with Gasteiger partial charge in [0.2, 0.25) is 0 Å². The second-order valence-electron chi connectivity index (χ2n) is 8.22. The number of nitrogens with zero attached hydrogens (tertiary/aromatic N) is 6. The van der Waals surface area contributed by atoms with Crippen molar-refractivity contribution in [2.24, 2.45) is 0 Å². The van der Waals surface area contributed by atoms with Crippen molar-refractivity contribution < 1.29 is 19.1 Å². The van der Waals surface area contributed by atoms with E-state index in [1.54, 1.807) is 21.8 Å². The third-order valence-electron chi connectivity index (χ3n) is 5.56. The zero-order valence-corrected chi connectivity index (χ0v) is 18.8. The van der Waals surface area contributed by atoms with Crippen LogP contribution >= 0.6 is 0 Å². The summed E-state index contributed by atoms with van der Waals surface area (Å²) in [6, 6.07) is 5.79. The number of carbonyl (C=O) groups excluding carboxylic acids is 2. The van der Waals surface area contributed by atoms with Gasteiger partial charge in [-0.1, -0.05) is 42.2 Å². The Balaban J connectivity index is 1.53. The first kappa shape index (κ1) is 22.6. The number of hydrogen-bond acceptors (Lipinski definition) is 8. The molecule has 0 atom stereocenters. The number of benzene rings is 1. The molecule has 1 aromatic carbocycles. The average Bonchev–Trinajstić information content (AvgIpc) is 3.48. The Labute approximate surface area is 191 Å². The van der Waals surface area contributed by atoms with Crippen molar-refractivity contribution in [1.82, 2.24) is 30.0 Å². The quantitative estimate of drug-likeness (QED) is 0.477. The van der Waals surface area contributed by atoms with E-state index in [1.165, 1.54) is 0 Å². The summed E-state index contributed by atoms with van der Waals surface area (Å²) in [6.45, 7) is 2.16. The van der Waals surface area contributed by atoms with Crippen molar-refractivity contribution in [3.63, 3.8) is 0 Å². The van der Waals surface area contributed by atoms with E-state index in [0.29, 0.717) is 24.2 Å². The van der Waals surface area contributed by atoms with Crippen LogP contribution in [0.3, 0.4) is 0 Å². The standard InChI is InChI=1S/C23H28N6O4/c1-17-10-11-20-12-21(17)29-14-19(25-27-29)16-33-23(31)9-7-5-3-2-4-6-8-22(30)32-15-18-13-28(20)26-24-18/h10-14H,2-9,15-16H2,1H3. The van der Waals surface area contributed by atoms with Crippen molar-refractivity contribution in [3.05, 3.63) is 47.5 Å². The van der Waals surface area contributed by atoms with E-state index in [2.05, 4.69) is 20.6 Å². The van der Waals surface area contributed by atoms with Gasteiger partial charge in [0.15, 0.2) is 0 Å². The molecule has 0 saturated carbocycles. The predicted octanol–water partition coefficient (Wildman–Crippen LogP) is 3.38. The maximum atomic E-state index is 12.0. The summed E-state index contributed by atoms with van der Waals surface area (Å²) < 4.78 is 14.0. The van der Waals surface area contributed by atoms with Crippen molar-refractivity contribution in [3.8, 4) is 11.4 Å². The van der Waals surface area contributed by atoms with Gasteiger partial charge in [0.05, 0.1) is 23.8 Å². The van der Waals surface area contributed by atoms with Crippen LogP contribution in [0.1, 0.15) is 68.3 Å². The minimum Gasteiger partial charge on any atom is -0.459 e. The van der Waals surface area contributed by atoms with E-state index < -0.39 is 0 Å². The van der Waals surface area contributed by atoms with Crippen LogP contribution in [0.4, 0.5) is 0 Å². The molecule has 0 saturated heterocycles. The maximum Gasteiger partial charge on any atom is 0.306 e. The van der Waals surface area contributed by atoms with Gasteiger partial charge in [0.25, 0.3) is 0 Å². The lowest BCUT2D eigenvalue weighted by molar-refractivity contribution is -0.146. The van der Waals surface area contributed by atoms with Crippen LogP contribution in [-0.2, 0) is 32.3 Å². The molecule has 0 unspecified atom stereocenters. The van der Waals surface area contributed by atoms with Crippen LogP contribution in [0.15, 0.2) is 30.6 Å². The van der Waals surface area contributed by atoms with E-state index in [9.17, 15) is 9.59 Å². The van der Waals surface area contributed by atoms with Crippen molar-refractivity contribution in [1.29, 1.82) is 0 Å². The molecule has 0 radical (unpaired) electrons. The van der Waals surface area contributed by atoms with Crippen molar-refractivity contribution in [2.75, 3.05) is 0 Å². The molecule has 33 heavy (non-hydrogen) atoms. The van der Waals surface area contributed by atoms with Gasteiger partial charge in [0, 0.05) is 12.8 Å². The highest BCUT2D eigenvalue weighted by Gasteiger charge is 2.12. The smallest absolute Gasteiger partial charge is 0.306 e. The molecular weight excluding hydrogens is 424 g/mol. The number of hydrogen-bond donors (Lipinski definition) is 0. The second kappa shape index (κ2) is 10.8. The molecule has 10 nitrogen and oxygen atoms in total. The molecule has 4 rings (SSSR count). The first-order valence-electron chi connectivity index (χ1n) is 11.3. The molecule has 1 aliphatic heterocycles. The molecule has 1 aliphatic rings. The van der Waals surface area contributed by atoms with Crippen LogP contribution in [-0.4, -0.2) is 41.9 Å². The fraction of sp³-hybridized carbons (Fsp3) is 0.478.